The Morgan fingerprint density at radius 3 is 2.74 bits per heavy atom. The smallest absolute Gasteiger partial charge is 0.230 e. The number of hydrogen-bond donors (Lipinski definition) is 1. The molecule has 0 aliphatic rings. The van der Waals surface area contributed by atoms with Crippen LogP contribution >= 0.6 is 23.2 Å². The molecule has 0 radical (unpaired) electrons. The first-order chi connectivity index (χ1) is 9.06. The van der Waals surface area contributed by atoms with Crippen molar-refractivity contribution < 1.29 is 8.81 Å². The number of nitrogen functional groups attached to an aromatic ring is 1. The standard InChI is InChI=1S/C13H7Cl2FN2O/c14-7-3-1-2-6(12(7)16)13-18-10-4-8(15)9(17)5-11(10)19-13/h1-5H,17H2. The highest BCUT2D eigenvalue weighted by molar-refractivity contribution is 6.33. The molecule has 0 saturated carbocycles. The van der Waals surface area contributed by atoms with Crippen LogP contribution in [0.25, 0.3) is 22.6 Å². The molecular weight excluding hydrogens is 290 g/mol. The van der Waals surface area contributed by atoms with E-state index >= 15 is 0 Å². The lowest BCUT2D eigenvalue weighted by atomic mass is 10.2. The van der Waals surface area contributed by atoms with Gasteiger partial charge in [-0.25, -0.2) is 9.37 Å². The summed E-state index contributed by atoms with van der Waals surface area (Å²) < 4.78 is 19.4. The fourth-order valence-corrected chi connectivity index (χ4v) is 2.08. The molecule has 3 nitrogen and oxygen atoms in total. The zero-order chi connectivity index (χ0) is 13.6. The van der Waals surface area contributed by atoms with Gasteiger partial charge in [-0.1, -0.05) is 29.3 Å². The van der Waals surface area contributed by atoms with Crippen LogP contribution in [0.15, 0.2) is 34.7 Å². The van der Waals surface area contributed by atoms with Gasteiger partial charge in [0.15, 0.2) is 11.4 Å². The number of fused-ring (bicyclic) bond motifs is 1. The number of nitrogens with two attached hydrogens (primary N) is 1. The van der Waals surface area contributed by atoms with Gasteiger partial charge in [-0.05, 0) is 18.2 Å². The molecule has 0 aliphatic carbocycles. The molecule has 0 unspecified atom stereocenters. The normalized spacial score (nSPS) is 11.1. The highest BCUT2D eigenvalue weighted by Crippen LogP contribution is 2.32. The van der Waals surface area contributed by atoms with E-state index in [4.69, 9.17) is 33.4 Å². The lowest BCUT2D eigenvalue weighted by Crippen LogP contribution is -1.85. The zero-order valence-electron chi connectivity index (χ0n) is 9.45. The molecule has 3 aromatic rings. The molecule has 0 amide bonds. The Labute approximate surface area is 117 Å². The van der Waals surface area contributed by atoms with E-state index in [2.05, 4.69) is 4.98 Å². The number of aromatic nitrogens is 1. The third-order valence-corrected chi connectivity index (χ3v) is 3.31. The molecule has 96 valence electrons. The molecule has 19 heavy (non-hydrogen) atoms. The average Bonchev–Trinajstić information content (AvgIpc) is 2.76. The van der Waals surface area contributed by atoms with Crippen LogP contribution in [0.1, 0.15) is 0 Å². The Morgan fingerprint density at radius 1 is 1.16 bits per heavy atom. The summed E-state index contributed by atoms with van der Waals surface area (Å²) >= 11 is 11.6. The quantitative estimate of drug-likeness (QED) is 0.672. The van der Waals surface area contributed by atoms with Crippen LogP contribution in [0.5, 0.6) is 0 Å². The Morgan fingerprint density at radius 2 is 1.95 bits per heavy atom. The fraction of sp³-hybridized carbons (Fsp3) is 0. The maximum Gasteiger partial charge on any atom is 0.230 e. The van der Waals surface area contributed by atoms with Gasteiger partial charge in [-0.15, -0.1) is 0 Å². The Kier molecular flexibility index (Phi) is 2.84. The van der Waals surface area contributed by atoms with Gasteiger partial charge in [0.05, 0.1) is 21.3 Å². The highest BCUT2D eigenvalue weighted by Gasteiger charge is 2.15. The molecule has 0 aliphatic heterocycles. The lowest BCUT2D eigenvalue weighted by molar-refractivity contribution is 0.594. The molecule has 0 bridgehead atoms. The van der Waals surface area contributed by atoms with Crippen molar-refractivity contribution in [3.05, 3.63) is 46.2 Å². The monoisotopic (exact) mass is 296 g/mol. The SMILES string of the molecule is Nc1cc2oc(-c3cccc(Cl)c3F)nc2cc1Cl. The summed E-state index contributed by atoms with van der Waals surface area (Å²) in [5.74, 6) is -0.438. The zero-order valence-corrected chi connectivity index (χ0v) is 11.0. The number of nitrogens with zero attached hydrogens (tertiary/aromatic N) is 1. The first-order valence-electron chi connectivity index (χ1n) is 5.36. The summed E-state index contributed by atoms with van der Waals surface area (Å²) in [6.45, 7) is 0. The predicted octanol–water partition coefficient (Wildman–Crippen LogP) is 4.52. The van der Waals surface area contributed by atoms with Crippen molar-refractivity contribution in [2.75, 3.05) is 5.73 Å². The maximum atomic E-state index is 13.9. The number of halogens is 3. The van der Waals surface area contributed by atoms with Crippen LogP contribution in [-0.4, -0.2) is 4.98 Å². The summed E-state index contributed by atoms with van der Waals surface area (Å²) in [6.07, 6.45) is 0. The first-order valence-corrected chi connectivity index (χ1v) is 6.12. The van der Waals surface area contributed by atoms with Crippen molar-refractivity contribution >= 4 is 40.0 Å². The van der Waals surface area contributed by atoms with E-state index < -0.39 is 5.82 Å². The van der Waals surface area contributed by atoms with Crippen molar-refractivity contribution in [3.8, 4) is 11.5 Å². The summed E-state index contributed by atoms with van der Waals surface area (Å²) in [5, 5.41) is 0.385. The van der Waals surface area contributed by atoms with Gasteiger partial charge < -0.3 is 10.2 Å². The van der Waals surface area contributed by atoms with Crippen molar-refractivity contribution in [3.63, 3.8) is 0 Å². The number of benzene rings is 2. The topological polar surface area (TPSA) is 52.0 Å². The summed E-state index contributed by atoms with van der Waals surface area (Å²) in [6, 6.07) is 7.74. The predicted molar refractivity (Wildman–Crippen MR) is 73.8 cm³/mol. The number of anilines is 1. The molecule has 0 saturated heterocycles. The van der Waals surface area contributed by atoms with Gasteiger partial charge in [0, 0.05) is 6.07 Å². The van der Waals surface area contributed by atoms with Gasteiger partial charge in [0.25, 0.3) is 0 Å². The van der Waals surface area contributed by atoms with E-state index in [0.717, 1.165) is 0 Å². The number of oxazole rings is 1. The van der Waals surface area contributed by atoms with E-state index in [1.165, 1.54) is 12.1 Å². The molecule has 0 atom stereocenters. The molecule has 0 fully saturated rings. The second kappa shape index (κ2) is 4.40. The Balaban J connectivity index is 2.23. The maximum absolute atomic E-state index is 13.9. The molecular formula is C13H7Cl2FN2O. The van der Waals surface area contributed by atoms with E-state index in [1.807, 2.05) is 0 Å². The van der Waals surface area contributed by atoms with Crippen molar-refractivity contribution in [2.24, 2.45) is 0 Å². The van der Waals surface area contributed by atoms with Gasteiger partial charge in [-0.2, -0.15) is 0 Å². The number of rotatable bonds is 1. The van der Waals surface area contributed by atoms with Crippen LogP contribution in [0.4, 0.5) is 10.1 Å². The third-order valence-electron chi connectivity index (χ3n) is 2.69. The largest absolute Gasteiger partial charge is 0.436 e. The average molecular weight is 297 g/mol. The van der Waals surface area contributed by atoms with E-state index in [1.54, 1.807) is 18.2 Å². The fourth-order valence-electron chi connectivity index (χ4n) is 1.75. The summed E-state index contributed by atoms with van der Waals surface area (Å²) in [5.41, 5.74) is 7.19. The van der Waals surface area contributed by atoms with Crippen LogP contribution in [0, 0.1) is 5.82 Å². The van der Waals surface area contributed by atoms with Crippen LogP contribution in [-0.2, 0) is 0 Å². The second-order valence-electron chi connectivity index (χ2n) is 3.96. The highest BCUT2D eigenvalue weighted by atomic mass is 35.5. The van der Waals surface area contributed by atoms with Crippen LogP contribution in [0.3, 0.4) is 0 Å². The molecule has 2 N–H and O–H groups in total. The van der Waals surface area contributed by atoms with E-state index in [0.29, 0.717) is 21.8 Å². The van der Waals surface area contributed by atoms with Gasteiger partial charge >= 0.3 is 0 Å². The summed E-state index contributed by atoms with van der Waals surface area (Å²) in [7, 11) is 0. The minimum absolute atomic E-state index is 0.0114. The minimum Gasteiger partial charge on any atom is -0.436 e. The molecule has 1 aromatic heterocycles. The molecule has 3 rings (SSSR count). The first kappa shape index (κ1) is 12.3. The van der Waals surface area contributed by atoms with E-state index in [9.17, 15) is 4.39 Å². The second-order valence-corrected chi connectivity index (χ2v) is 4.78. The van der Waals surface area contributed by atoms with Crippen molar-refractivity contribution in [1.29, 1.82) is 0 Å². The van der Waals surface area contributed by atoms with Crippen molar-refractivity contribution in [2.45, 2.75) is 0 Å². The Bertz CT molecular complexity index is 747. The molecule has 6 heteroatoms. The summed E-state index contributed by atoms with van der Waals surface area (Å²) in [4.78, 5) is 4.18. The van der Waals surface area contributed by atoms with Gasteiger partial charge in [0.1, 0.15) is 5.52 Å². The van der Waals surface area contributed by atoms with Gasteiger partial charge in [-0.3, -0.25) is 0 Å². The third kappa shape index (κ3) is 2.03. The van der Waals surface area contributed by atoms with Crippen molar-refractivity contribution in [1.82, 2.24) is 4.98 Å². The van der Waals surface area contributed by atoms with Crippen LogP contribution in [0.2, 0.25) is 10.0 Å². The number of hydrogen-bond acceptors (Lipinski definition) is 3. The molecule has 1 heterocycles. The molecule has 2 aromatic carbocycles. The lowest BCUT2D eigenvalue weighted by Gasteiger charge is -1.98. The molecule has 0 spiro atoms. The van der Waals surface area contributed by atoms with Gasteiger partial charge in [0.2, 0.25) is 5.89 Å². The van der Waals surface area contributed by atoms with Crippen LogP contribution < -0.4 is 5.73 Å². The Hall–Kier alpha value is -1.78. The minimum atomic E-state index is -0.574. The van der Waals surface area contributed by atoms with E-state index in [-0.39, 0.29) is 16.5 Å².